The van der Waals surface area contributed by atoms with Crippen LogP contribution >= 0.6 is 0 Å². The Morgan fingerprint density at radius 3 is 2.55 bits per heavy atom. The standard InChI is InChI=1S/C17H28N2O3/c1-11(2)15(20)17(4,5)10-18-16(21)19-14-9-13(22-6)8-7-12(14)3/h7-9,11,15,20H,10H2,1-6H3,(H2,18,19,21). The van der Waals surface area contributed by atoms with Crippen LogP contribution in [0.25, 0.3) is 0 Å². The topological polar surface area (TPSA) is 70.6 Å². The number of amides is 2. The van der Waals surface area contributed by atoms with Crippen molar-refractivity contribution >= 4 is 11.7 Å². The van der Waals surface area contributed by atoms with Gasteiger partial charge in [-0.25, -0.2) is 4.79 Å². The molecule has 5 nitrogen and oxygen atoms in total. The van der Waals surface area contributed by atoms with Gasteiger partial charge in [0.1, 0.15) is 5.75 Å². The lowest BCUT2D eigenvalue weighted by Crippen LogP contribution is -2.44. The number of anilines is 1. The summed E-state index contributed by atoms with van der Waals surface area (Å²) in [7, 11) is 1.59. The molecule has 0 fully saturated rings. The lowest BCUT2D eigenvalue weighted by molar-refractivity contribution is 0.0154. The van der Waals surface area contributed by atoms with E-state index in [0.717, 1.165) is 5.56 Å². The van der Waals surface area contributed by atoms with Crippen molar-refractivity contribution in [3.05, 3.63) is 23.8 Å². The summed E-state index contributed by atoms with van der Waals surface area (Å²) in [5, 5.41) is 15.8. The molecule has 2 amide bonds. The maximum Gasteiger partial charge on any atom is 0.319 e. The fraction of sp³-hybridized carbons (Fsp3) is 0.588. The van der Waals surface area contributed by atoms with E-state index in [1.54, 1.807) is 13.2 Å². The van der Waals surface area contributed by atoms with Gasteiger partial charge in [-0.1, -0.05) is 33.8 Å². The number of aliphatic hydroxyl groups is 1. The number of aliphatic hydroxyl groups excluding tert-OH is 1. The van der Waals surface area contributed by atoms with E-state index in [1.807, 2.05) is 46.8 Å². The molecular weight excluding hydrogens is 280 g/mol. The SMILES string of the molecule is COc1ccc(C)c(NC(=O)NCC(C)(C)C(O)C(C)C)c1. The van der Waals surface area contributed by atoms with Gasteiger partial charge in [-0.15, -0.1) is 0 Å². The van der Waals surface area contributed by atoms with Crippen LogP contribution in [-0.2, 0) is 0 Å². The van der Waals surface area contributed by atoms with Gasteiger partial charge in [0.05, 0.1) is 13.2 Å². The van der Waals surface area contributed by atoms with Crippen LogP contribution < -0.4 is 15.4 Å². The molecule has 3 N–H and O–H groups in total. The Labute approximate surface area is 133 Å². The van der Waals surface area contributed by atoms with Crippen LogP contribution in [-0.4, -0.2) is 30.9 Å². The Balaban J connectivity index is 2.64. The predicted molar refractivity (Wildman–Crippen MR) is 89.4 cm³/mol. The minimum absolute atomic E-state index is 0.139. The molecule has 1 aromatic rings. The number of benzene rings is 1. The van der Waals surface area contributed by atoms with E-state index in [9.17, 15) is 9.90 Å². The average Bonchev–Trinajstić information content (AvgIpc) is 2.46. The normalized spacial score (nSPS) is 12.9. The first-order valence-corrected chi connectivity index (χ1v) is 7.55. The van der Waals surface area contributed by atoms with Crippen molar-refractivity contribution < 1.29 is 14.6 Å². The Morgan fingerprint density at radius 1 is 1.36 bits per heavy atom. The lowest BCUT2D eigenvalue weighted by atomic mass is 9.81. The molecule has 1 aromatic carbocycles. The first-order valence-electron chi connectivity index (χ1n) is 7.55. The summed E-state index contributed by atoms with van der Waals surface area (Å²) < 4.78 is 5.16. The molecule has 1 atom stereocenters. The molecule has 0 radical (unpaired) electrons. The van der Waals surface area contributed by atoms with Crippen molar-refractivity contribution in [3.63, 3.8) is 0 Å². The second kappa shape index (κ2) is 7.49. The highest BCUT2D eigenvalue weighted by Gasteiger charge is 2.30. The Hall–Kier alpha value is -1.75. The molecular formula is C17H28N2O3. The minimum Gasteiger partial charge on any atom is -0.497 e. The molecule has 0 spiro atoms. The summed E-state index contributed by atoms with van der Waals surface area (Å²) in [6.45, 7) is 10.1. The van der Waals surface area contributed by atoms with Crippen molar-refractivity contribution in [1.29, 1.82) is 0 Å². The maximum absolute atomic E-state index is 12.1. The fourth-order valence-corrected chi connectivity index (χ4v) is 2.34. The molecule has 5 heteroatoms. The van der Waals surface area contributed by atoms with E-state index in [-0.39, 0.29) is 11.9 Å². The van der Waals surface area contributed by atoms with Crippen molar-refractivity contribution in [3.8, 4) is 5.75 Å². The fourth-order valence-electron chi connectivity index (χ4n) is 2.34. The Morgan fingerprint density at radius 2 is 2.00 bits per heavy atom. The summed E-state index contributed by atoms with van der Waals surface area (Å²) in [6, 6.07) is 5.23. The zero-order chi connectivity index (χ0) is 16.9. The van der Waals surface area contributed by atoms with E-state index in [4.69, 9.17) is 4.74 Å². The van der Waals surface area contributed by atoms with E-state index < -0.39 is 11.5 Å². The molecule has 0 bridgehead atoms. The number of carbonyl (C=O) groups excluding carboxylic acids is 1. The number of aryl methyl sites for hydroxylation is 1. The highest BCUT2D eigenvalue weighted by atomic mass is 16.5. The number of nitrogens with one attached hydrogen (secondary N) is 2. The van der Waals surface area contributed by atoms with Crippen LogP contribution in [0.4, 0.5) is 10.5 Å². The molecule has 0 heterocycles. The van der Waals surface area contributed by atoms with Gasteiger partial charge in [0.15, 0.2) is 0 Å². The predicted octanol–water partition coefficient (Wildman–Crippen LogP) is 3.17. The lowest BCUT2D eigenvalue weighted by Gasteiger charge is -2.33. The summed E-state index contributed by atoms with van der Waals surface area (Å²) in [5.74, 6) is 0.831. The highest BCUT2D eigenvalue weighted by Crippen LogP contribution is 2.25. The van der Waals surface area contributed by atoms with Crippen molar-refractivity contribution in [2.75, 3.05) is 19.0 Å². The highest BCUT2D eigenvalue weighted by molar-refractivity contribution is 5.90. The molecule has 22 heavy (non-hydrogen) atoms. The van der Waals surface area contributed by atoms with Crippen LogP contribution in [0.2, 0.25) is 0 Å². The molecule has 1 rings (SSSR count). The number of rotatable bonds is 6. The minimum atomic E-state index is -0.480. The van der Waals surface area contributed by atoms with Crippen LogP contribution in [0.1, 0.15) is 33.3 Å². The van der Waals surface area contributed by atoms with Crippen LogP contribution in [0.5, 0.6) is 5.75 Å². The molecule has 0 aromatic heterocycles. The molecule has 0 aliphatic rings. The summed E-state index contributed by atoms with van der Waals surface area (Å²) in [4.78, 5) is 12.1. The average molecular weight is 308 g/mol. The van der Waals surface area contributed by atoms with Gasteiger partial charge < -0.3 is 20.5 Å². The monoisotopic (exact) mass is 308 g/mol. The first kappa shape index (κ1) is 18.3. The van der Waals surface area contributed by atoms with Crippen LogP contribution in [0.3, 0.4) is 0 Å². The smallest absolute Gasteiger partial charge is 0.319 e. The van der Waals surface area contributed by atoms with Crippen molar-refractivity contribution in [2.45, 2.75) is 40.7 Å². The summed E-state index contributed by atoms with van der Waals surface area (Å²) >= 11 is 0. The maximum atomic E-state index is 12.1. The molecule has 124 valence electrons. The van der Waals surface area contributed by atoms with Crippen LogP contribution in [0, 0.1) is 18.3 Å². The first-order chi connectivity index (χ1) is 10.2. The van der Waals surface area contributed by atoms with Gasteiger partial charge in [-0.3, -0.25) is 0 Å². The number of methoxy groups -OCH3 is 1. The number of ether oxygens (including phenoxy) is 1. The van der Waals surface area contributed by atoms with Gasteiger partial charge in [0.2, 0.25) is 0 Å². The summed E-state index contributed by atoms with van der Waals surface area (Å²) in [5.41, 5.74) is 1.27. The Bertz CT molecular complexity index is 513. The molecule has 0 aliphatic heterocycles. The van der Waals surface area contributed by atoms with Crippen LogP contribution in [0.15, 0.2) is 18.2 Å². The summed E-state index contributed by atoms with van der Waals surface area (Å²) in [6.07, 6.45) is -0.480. The third-order valence-electron chi connectivity index (χ3n) is 3.83. The van der Waals surface area contributed by atoms with Gasteiger partial charge in [-0.2, -0.15) is 0 Å². The number of hydrogen-bond donors (Lipinski definition) is 3. The number of carbonyl (C=O) groups is 1. The van der Waals surface area contributed by atoms with E-state index in [2.05, 4.69) is 10.6 Å². The second-order valence-corrected chi connectivity index (χ2v) is 6.67. The number of urea groups is 1. The van der Waals surface area contributed by atoms with Gasteiger partial charge in [0.25, 0.3) is 0 Å². The second-order valence-electron chi connectivity index (χ2n) is 6.67. The molecule has 1 unspecified atom stereocenters. The van der Waals surface area contributed by atoms with Crippen molar-refractivity contribution in [1.82, 2.24) is 5.32 Å². The van der Waals surface area contributed by atoms with E-state index in [0.29, 0.717) is 18.0 Å². The van der Waals surface area contributed by atoms with Gasteiger partial charge >= 0.3 is 6.03 Å². The Kier molecular flexibility index (Phi) is 6.23. The van der Waals surface area contributed by atoms with Gasteiger partial charge in [-0.05, 0) is 24.5 Å². The molecule has 0 aliphatic carbocycles. The number of hydrogen-bond acceptors (Lipinski definition) is 3. The third-order valence-corrected chi connectivity index (χ3v) is 3.83. The quantitative estimate of drug-likeness (QED) is 0.756. The largest absolute Gasteiger partial charge is 0.497 e. The third kappa shape index (κ3) is 4.91. The zero-order valence-corrected chi connectivity index (χ0v) is 14.4. The molecule has 0 saturated carbocycles. The van der Waals surface area contributed by atoms with E-state index >= 15 is 0 Å². The van der Waals surface area contributed by atoms with E-state index in [1.165, 1.54) is 0 Å². The van der Waals surface area contributed by atoms with Gasteiger partial charge in [0, 0.05) is 23.7 Å². The zero-order valence-electron chi connectivity index (χ0n) is 14.4. The van der Waals surface area contributed by atoms with Crippen molar-refractivity contribution in [2.24, 2.45) is 11.3 Å². The molecule has 0 saturated heterocycles.